The molecule has 0 saturated heterocycles. The minimum absolute atomic E-state index is 0.0528. The van der Waals surface area contributed by atoms with Gasteiger partial charge in [0.15, 0.2) is 0 Å². The summed E-state index contributed by atoms with van der Waals surface area (Å²) in [5.74, 6) is -0.310. The molecule has 0 amide bonds. The Bertz CT molecular complexity index is 421. The predicted octanol–water partition coefficient (Wildman–Crippen LogP) is 2.06. The molecule has 2 unspecified atom stereocenters. The van der Waals surface area contributed by atoms with Crippen LogP contribution in [0.5, 0.6) is 0 Å². The highest BCUT2D eigenvalue weighted by Crippen LogP contribution is 2.23. The zero-order valence-electron chi connectivity index (χ0n) is 12.0. The van der Waals surface area contributed by atoms with Crippen LogP contribution in [0.3, 0.4) is 0 Å². The maximum Gasteiger partial charge on any atom is 0.323 e. The van der Waals surface area contributed by atoms with Gasteiger partial charge < -0.3 is 15.2 Å². The summed E-state index contributed by atoms with van der Waals surface area (Å²) in [6, 6.07) is 9.17. The minimum atomic E-state index is -0.597. The molecule has 0 aliphatic heterocycles. The molecule has 2 rings (SSSR count). The molecule has 1 aromatic carbocycles. The zero-order valence-corrected chi connectivity index (χ0v) is 12.0. The molecule has 1 saturated carbocycles. The maximum atomic E-state index is 12.0. The van der Waals surface area contributed by atoms with Crippen molar-refractivity contribution in [1.82, 2.24) is 0 Å². The molecule has 20 heavy (non-hydrogen) atoms. The van der Waals surface area contributed by atoms with Gasteiger partial charge in [0.1, 0.15) is 12.1 Å². The summed E-state index contributed by atoms with van der Waals surface area (Å²) in [7, 11) is 1.70. The fraction of sp³-hybridized carbons (Fsp3) is 0.562. The molecule has 1 aliphatic carbocycles. The molecule has 110 valence electrons. The third-order valence-corrected chi connectivity index (χ3v) is 3.80. The summed E-state index contributed by atoms with van der Waals surface area (Å²) in [5, 5.41) is 0. The van der Waals surface area contributed by atoms with Gasteiger partial charge in [-0.1, -0.05) is 30.3 Å². The van der Waals surface area contributed by atoms with Gasteiger partial charge in [-0.15, -0.1) is 0 Å². The Morgan fingerprint density at radius 3 is 2.70 bits per heavy atom. The largest absolute Gasteiger partial charge is 0.461 e. The average Bonchev–Trinajstić information content (AvgIpc) is 2.48. The Labute approximate surface area is 120 Å². The molecule has 1 aliphatic rings. The van der Waals surface area contributed by atoms with Gasteiger partial charge >= 0.3 is 5.97 Å². The molecular weight excluding hydrogens is 254 g/mol. The fourth-order valence-corrected chi connectivity index (χ4v) is 2.63. The highest BCUT2D eigenvalue weighted by Gasteiger charge is 2.26. The topological polar surface area (TPSA) is 61.5 Å². The van der Waals surface area contributed by atoms with Gasteiger partial charge in [-0.05, 0) is 31.2 Å². The predicted molar refractivity (Wildman–Crippen MR) is 77.3 cm³/mol. The van der Waals surface area contributed by atoms with E-state index in [9.17, 15) is 4.79 Å². The molecule has 0 bridgehead atoms. The molecule has 0 spiro atoms. The second kappa shape index (κ2) is 7.41. The van der Waals surface area contributed by atoms with E-state index in [0.29, 0.717) is 6.42 Å². The molecule has 0 heterocycles. The number of hydrogen-bond donors (Lipinski definition) is 1. The molecule has 1 aromatic rings. The number of benzene rings is 1. The first-order valence-electron chi connectivity index (χ1n) is 7.22. The maximum absolute atomic E-state index is 12.0. The lowest BCUT2D eigenvalue weighted by molar-refractivity contribution is -0.154. The average molecular weight is 277 g/mol. The summed E-state index contributed by atoms with van der Waals surface area (Å²) in [5.41, 5.74) is 6.98. The molecule has 1 fully saturated rings. The lowest BCUT2D eigenvalue weighted by Gasteiger charge is -2.28. The van der Waals surface area contributed by atoms with Gasteiger partial charge in [-0.25, -0.2) is 0 Å². The molecule has 2 N–H and O–H groups in total. The number of hydrogen-bond acceptors (Lipinski definition) is 4. The highest BCUT2D eigenvalue weighted by molar-refractivity contribution is 5.76. The zero-order chi connectivity index (χ0) is 14.4. The van der Waals surface area contributed by atoms with Crippen molar-refractivity contribution in [2.75, 3.05) is 7.11 Å². The summed E-state index contributed by atoms with van der Waals surface area (Å²) >= 11 is 0. The van der Waals surface area contributed by atoms with Crippen molar-refractivity contribution in [1.29, 1.82) is 0 Å². The van der Waals surface area contributed by atoms with Gasteiger partial charge in [-0.2, -0.15) is 0 Å². The van der Waals surface area contributed by atoms with Crippen LogP contribution in [0.1, 0.15) is 31.2 Å². The van der Waals surface area contributed by atoms with Crippen molar-refractivity contribution >= 4 is 5.97 Å². The Balaban J connectivity index is 1.81. The van der Waals surface area contributed by atoms with Crippen LogP contribution >= 0.6 is 0 Å². The minimum Gasteiger partial charge on any atom is -0.461 e. The van der Waals surface area contributed by atoms with E-state index >= 15 is 0 Å². The number of carbonyl (C=O) groups is 1. The first-order chi connectivity index (χ1) is 9.69. The van der Waals surface area contributed by atoms with E-state index in [1.54, 1.807) is 7.11 Å². The van der Waals surface area contributed by atoms with Crippen molar-refractivity contribution in [3.63, 3.8) is 0 Å². The summed E-state index contributed by atoms with van der Waals surface area (Å²) in [6.07, 6.45) is 4.42. The number of ether oxygens (including phenoxy) is 2. The SMILES string of the molecule is COC1CCCC(OC(=O)[C@H](N)Cc2ccccc2)C1. The van der Waals surface area contributed by atoms with E-state index in [1.165, 1.54) is 0 Å². The Hall–Kier alpha value is -1.39. The molecule has 0 aromatic heterocycles. The second-order valence-electron chi connectivity index (χ2n) is 5.38. The normalized spacial score (nSPS) is 24.1. The Morgan fingerprint density at radius 1 is 1.30 bits per heavy atom. The standard InChI is InChI=1S/C16H23NO3/c1-19-13-8-5-9-14(11-13)20-16(18)15(17)10-12-6-3-2-4-7-12/h2-4,6-7,13-15H,5,8-11,17H2,1H3/t13?,14?,15-/m1/s1. The van der Waals surface area contributed by atoms with Crippen molar-refractivity contribution in [3.05, 3.63) is 35.9 Å². The van der Waals surface area contributed by atoms with Crippen LogP contribution in [-0.2, 0) is 20.7 Å². The summed E-state index contributed by atoms with van der Waals surface area (Å²) in [4.78, 5) is 12.0. The monoisotopic (exact) mass is 277 g/mol. The van der Waals surface area contributed by atoms with Crippen LogP contribution in [0, 0.1) is 0 Å². The van der Waals surface area contributed by atoms with Crippen LogP contribution < -0.4 is 5.73 Å². The van der Waals surface area contributed by atoms with Gasteiger partial charge in [0, 0.05) is 13.5 Å². The lowest BCUT2D eigenvalue weighted by Crippen LogP contribution is -2.38. The highest BCUT2D eigenvalue weighted by atomic mass is 16.5. The van der Waals surface area contributed by atoms with E-state index < -0.39 is 6.04 Å². The Kier molecular flexibility index (Phi) is 5.56. The van der Waals surface area contributed by atoms with Crippen molar-refractivity contribution in [3.8, 4) is 0 Å². The smallest absolute Gasteiger partial charge is 0.323 e. The van der Waals surface area contributed by atoms with Gasteiger partial charge in [0.25, 0.3) is 0 Å². The number of carbonyl (C=O) groups excluding carboxylic acids is 1. The Morgan fingerprint density at radius 2 is 2.00 bits per heavy atom. The van der Waals surface area contributed by atoms with E-state index in [-0.39, 0.29) is 18.2 Å². The fourth-order valence-electron chi connectivity index (χ4n) is 2.63. The van der Waals surface area contributed by atoms with Crippen LogP contribution in [0.15, 0.2) is 30.3 Å². The van der Waals surface area contributed by atoms with Crippen LogP contribution in [0.25, 0.3) is 0 Å². The first-order valence-corrected chi connectivity index (χ1v) is 7.22. The molecule has 4 nitrogen and oxygen atoms in total. The van der Waals surface area contributed by atoms with Crippen molar-refractivity contribution in [2.24, 2.45) is 5.73 Å². The summed E-state index contributed by atoms with van der Waals surface area (Å²) < 4.78 is 10.8. The van der Waals surface area contributed by atoms with Gasteiger partial charge in [0.2, 0.25) is 0 Å². The van der Waals surface area contributed by atoms with E-state index in [4.69, 9.17) is 15.2 Å². The first kappa shape index (κ1) is 15.0. The van der Waals surface area contributed by atoms with Crippen LogP contribution in [-0.4, -0.2) is 31.3 Å². The molecule has 4 heteroatoms. The third kappa shape index (κ3) is 4.32. The van der Waals surface area contributed by atoms with Gasteiger partial charge in [0.05, 0.1) is 6.10 Å². The lowest BCUT2D eigenvalue weighted by atomic mass is 9.95. The molecule has 0 radical (unpaired) electrons. The number of nitrogens with two attached hydrogens (primary N) is 1. The number of rotatable bonds is 5. The third-order valence-electron chi connectivity index (χ3n) is 3.80. The van der Waals surface area contributed by atoms with Gasteiger partial charge in [-0.3, -0.25) is 4.79 Å². The number of esters is 1. The van der Waals surface area contributed by atoms with Crippen LogP contribution in [0.4, 0.5) is 0 Å². The summed E-state index contributed by atoms with van der Waals surface area (Å²) in [6.45, 7) is 0. The van der Waals surface area contributed by atoms with E-state index in [0.717, 1.165) is 31.2 Å². The molecule has 3 atom stereocenters. The molecular formula is C16H23NO3. The second-order valence-corrected chi connectivity index (χ2v) is 5.38. The van der Waals surface area contributed by atoms with Crippen molar-refractivity contribution < 1.29 is 14.3 Å². The quantitative estimate of drug-likeness (QED) is 0.837. The number of methoxy groups -OCH3 is 1. The van der Waals surface area contributed by atoms with Crippen molar-refractivity contribution in [2.45, 2.75) is 50.4 Å². The van der Waals surface area contributed by atoms with E-state index in [1.807, 2.05) is 30.3 Å². The van der Waals surface area contributed by atoms with Crippen LogP contribution in [0.2, 0.25) is 0 Å². The van der Waals surface area contributed by atoms with E-state index in [2.05, 4.69) is 0 Å².